The van der Waals surface area contributed by atoms with E-state index in [1.54, 1.807) is 6.20 Å². The first-order valence-corrected chi connectivity index (χ1v) is 10.2. The number of carbonyl (C=O) groups is 1. The average Bonchev–Trinajstić information content (AvgIpc) is 3.27. The van der Waals surface area contributed by atoms with Crippen molar-refractivity contribution in [1.29, 1.82) is 0 Å². The van der Waals surface area contributed by atoms with Crippen LogP contribution in [0.2, 0.25) is 0 Å². The molecule has 7 heteroatoms. The quantitative estimate of drug-likeness (QED) is 0.598. The summed E-state index contributed by atoms with van der Waals surface area (Å²) in [6.45, 7) is 6.32. The minimum absolute atomic E-state index is 0.111. The molecule has 0 aliphatic carbocycles. The molecule has 156 valence electrons. The molecule has 1 amide bonds. The predicted molar refractivity (Wildman–Crippen MR) is 115 cm³/mol. The van der Waals surface area contributed by atoms with Gasteiger partial charge in [-0.2, -0.15) is 5.10 Å². The molecule has 2 heterocycles. The van der Waals surface area contributed by atoms with Gasteiger partial charge in [-0.3, -0.25) is 9.89 Å². The molecule has 2 N–H and O–H groups in total. The van der Waals surface area contributed by atoms with Crippen molar-refractivity contribution >= 4 is 11.6 Å². The van der Waals surface area contributed by atoms with Gasteiger partial charge in [0.15, 0.2) is 0 Å². The van der Waals surface area contributed by atoms with Gasteiger partial charge in [-0.05, 0) is 55.8 Å². The fraction of sp³-hybridized carbons (Fsp3) is 0.304. The van der Waals surface area contributed by atoms with Crippen LogP contribution in [-0.2, 0) is 0 Å². The Morgan fingerprint density at radius 1 is 1.17 bits per heavy atom. The van der Waals surface area contributed by atoms with Gasteiger partial charge in [-0.25, -0.2) is 0 Å². The molecule has 2 aromatic carbocycles. The van der Waals surface area contributed by atoms with Crippen LogP contribution in [0.5, 0.6) is 11.5 Å². The van der Waals surface area contributed by atoms with E-state index in [9.17, 15) is 4.79 Å². The SMILES string of the molecule is CCOc1ccc(N2CC(Oc3ccc([C@H](C)NC(=O)c4cn[nH]c4)cc3)C2)cc1. The number of nitrogens with one attached hydrogen (secondary N) is 2. The van der Waals surface area contributed by atoms with E-state index in [0.717, 1.165) is 30.2 Å². The van der Waals surface area contributed by atoms with Crippen LogP contribution in [0.25, 0.3) is 0 Å². The Balaban J connectivity index is 1.26. The Morgan fingerprint density at radius 2 is 1.87 bits per heavy atom. The summed E-state index contributed by atoms with van der Waals surface area (Å²) in [6, 6.07) is 15.9. The number of benzene rings is 2. The molecule has 0 bridgehead atoms. The van der Waals surface area contributed by atoms with Crippen LogP contribution in [0, 0.1) is 0 Å². The normalized spacial score (nSPS) is 14.7. The van der Waals surface area contributed by atoms with Crippen LogP contribution >= 0.6 is 0 Å². The predicted octanol–water partition coefficient (Wildman–Crippen LogP) is 3.57. The van der Waals surface area contributed by atoms with E-state index < -0.39 is 0 Å². The molecule has 3 aromatic rings. The van der Waals surface area contributed by atoms with Crippen molar-refractivity contribution in [2.45, 2.75) is 26.0 Å². The van der Waals surface area contributed by atoms with Crippen molar-refractivity contribution in [2.75, 3.05) is 24.6 Å². The highest BCUT2D eigenvalue weighted by molar-refractivity contribution is 5.93. The summed E-state index contributed by atoms with van der Waals surface area (Å²) in [5.74, 6) is 1.58. The fourth-order valence-electron chi connectivity index (χ4n) is 3.41. The topological polar surface area (TPSA) is 79.5 Å². The van der Waals surface area contributed by atoms with Crippen molar-refractivity contribution in [3.05, 3.63) is 72.1 Å². The molecule has 7 nitrogen and oxygen atoms in total. The minimum atomic E-state index is -0.152. The zero-order valence-electron chi connectivity index (χ0n) is 17.2. The molecule has 1 aromatic heterocycles. The molecule has 0 saturated carbocycles. The second kappa shape index (κ2) is 8.90. The van der Waals surface area contributed by atoms with Gasteiger partial charge in [0, 0.05) is 11.9 Å². The Kier molecular flexibility index (Phi) is 5.88. The van der Waals surface area contributed by atoms with Crippen molar-refractivity contribution in [3.8, 4) is 11.5 Å². The average molecular weight is 406 g/mol. The van der Waals surface area contributed by atoms with Crippen molar-refractivity contribution in [1.82, 2.24) is 15.5 Å². The molecule has 1 fully saturated rings. The van der Waals surface area contributed by atoms with Gasteiger partial charge >= 0.3 is 0 Å². The number of hydrogen-bond acceptors (Lipinski definition) is 5. The third kappa shape index (κ3) is 4.56. The summed E-state index contributed by atoms with van der Waals surface area (Å²) < 4.78 is 11.6. The number of rotatable bonds is 8. The summed E-state index contributed by atoms with van der Waals surface area (Å²) in [4.78, 5) is 14.4. The number of amides is 1. The molecule has 4 rings (SSSR count). The number of aromatic amines is 1. The summed E-state index contributed by atoms with van der Waals surface area (Å²) in [5, 5.41) is 9.41. The van der Waals surface area contributed by atoms with E-state index >= 15 is 0 Å². The van der Waals surface area contributed by atoms with Gasteiger partial charge in [0.2, 0.25) is 0 Å². The van der Waals surface area contributed by atoms with Crippen LogP contribution < -0.4 is 19.7 Å². The summed E-state index contributed by atoms with van der Waals surface area (Å²) >= 11 is 0. The second-order valence-corrected chi connectivity index (χ2v) is 7.32. The molecular weight excluding hydrogens is 380 g/mol. The Morgan fingerprint density at radius 3 is 2.50 bits per heavy atom. The molecule has 1 aliphatic rings. The number of carbonyl (C=O) groups excluding carboxylic acids is 1. The lowest BCUT2D eigenvalue weighted by Crippen LogP contribution is -2.54. The lowest BCUT2D eigenvalue weighted by Gasteiger charge is -2.40. The van der Waals surface area contributed by atoms with Crippen LogP contribution in [0.4, 0.5) is 5.69 Å². The first kappa shape index (κ1) is 19.8. The molecular formula is C23H26N4O3. The zero-order chi connectivity index (χ0) is 20.9. The lowest BCUT2D eigenvalue weighted by molar-refractivity contribution is 0.0940. The van der Waals surface area contributed by atoms with E-state index in [1.165, 1.54) is 11.9 Å². The molecule has 0 unspecified atom stereocenters. The fourth-order valence-corrected chi connectivity index (χ4v) is 3.41. The number of nitrogens with zero attached hydrogens (tertiary/aromatic N) is 2. The van der Waals surface area contributed by atoms with Gasteiger partial charge in [0.05, 0.1) is 37.5 Å². The summed E-state index contributed by atoms with van der Waals surface area (Å²) in [6.07, 6.45) is 3.25. The van der Waals surface area contributed by atoms with E-state index in [2.05, 4.69) is 32.5 Å². The van der Waals surface area contributed by atoms with Crippen molar-refractivity contribution in [2.24, 2.45) is 0 Å². The number of ether oxygens (including phenoxy) is 2. The van der Waals surface area contributed by atoms with Gasteiger partial charge in [0.25, 0.3) is 5.91 Å². The third-order valence-electron chi connectivity index (χ3n) is 5.15. The number of anilines is 1. The third-order valence-corrected chi connectivity index (χ3v) is 5.15. The molecule has 1 atom stereocenters. The number of hydrogen-bond donors (Lipinski definition) is 2. The molecule has 0 radical (unpaired) electrons. The summed E-state index contributed by atoms with van der Waals surface area (Å²) in [7, 11) is 0. The van der Waals surface area contributed by atoms with Crippen molar-refractivity contribution in [3.63, 3.8) is 0 Å². The van der Waals surface area contributed by atoms with E-state index in [0.29, 0.717) is 12.2 Å². The lowest BCUT2D eigenvalue weighted by atomic mass is 10.1. The first-order chi connectivity index (χ1) is 14.6. The van der Waals surface area contributed by atoms with E-state index in [1.807, 2.05) is 50.2 Å². The molecule has 30 heavy (non-hydrogen) atoms. The van der Waals surface area contributed by atoms with Gasteiger partial charge < -0.3 is 19.7 Å². The van der Waals surface area contributed by atoms with Gasteiger partial charge in [-0.1, -0.05) is 12.1 Å². The van der Waals surface area contributed by atoms with Gasteiger partial charge in [-0.15, -0.1) is 0 Å². The number of H-pyrrole nitrogens is 1. The maximum absolute atomic E-state index is 12.1. The van der Waals surface area contributed by atoms with Crippen molar-refractivity contribution < 1.29 is 14.3 Å². The van der Waals surface area contributed by atoms with Crippen LogP contribution in [0.1, 0.15) is 35.8 Å². The molecule has 1 aliphatic heterocycles. The highest BCUT2D eigenvalue weighted by atomic mass is 16.5. The Bertz CT molecular complexity index is 949. The largest absolute Gasteiger partial charge is 0.494 e. The second-order valence-electron chi connectivity index (χ2n) is 7.32. The highest BCUT2D eigenvalue weighted by Gasteiger charge is 2.28. The summed E-state index contributed by atoms with van der Waals surface area (Å²) in [5.41, 5.74) is 2.71. The first-order valence-electron chi connectivity index (χ1n) is 10.2. The maximum Gasteiger partial charge on any atom is 0.254 e. The van der Waals surface area contributed by atoms with Gasteiger partial charge in [0.1, 0.15) is 17.6 Å². The monoisotopic (exact) mass is 406 g/mol. The van der Waals surface area contributed by atoms with Crippen LogP contribution in [0.3, 0.4) is 0 Å². The number of aromatic nitrogens is 2. The Hall–Kier alpha value is -3.48. The van der Waals surface area contributed by atoms with E-state index in [4.69, 9.17) is 9.47 Å². The maximum atomic E-state index is 12.1. The molecule has 0 spiro atoms. The standard InChI is InChI=1S/C23H26N4O3/c1-3-29-20-10-6-19(7-11-20)27-14-22(15-27)30-21-8-4-17(5-9-21)16(2)26-23(28)18-12-24-25-13-18/h4-13,16,22H,3,14-15H2,1-2H3,(H,24,25)(H,26,28)/t16-/m0/s1. The zero-order valence-corrected chi connectivity index (χ0v) is 17.2. The van der Waals surface area contributed by atoms with E-state index in [-0.39, 0.29) is 18.1 Å². The molecule has 1 saturated heterocycles. The van der Waals surface area contributed by atoms with Crippen LogP contribution in [-0.4, -0.2) is 41.9 Å². The highest BCUT2D eigenvalue weighted by Crippen LogP contribution is 2.27. The smallest absolute Gasteiger partial charge is 0.254 e. The minimum Gasteiger partial charge on any atom is -0.494 e. The Labute approximate surface area is 176 Å². The van der Waals surface area contributed by atoms with Crippen LogP contribution in [0.15, 0.2) is 60.9 Å².